The fourth-order valence-corrected chi connectivity index (χ4v) is 4.88. The first kappa shape index (κ1) is 30.8. The number of hydrogen-bond donors (Lipinski definition) is 0. The van der Waals surface area contributed by atoms with Crippen molar-refractivity contribution in [3.05, 3.63) is 46.6 Å². The van der Waals surface area contributed by atoms with Crippen LogP contribution in [0.2, 0.25) is 0 Å². The Hall–Kier alpha value is -3.12. The predicted molar refractivity (Wildman–Crippen MR) is 146 cm³/mol. The normalized spacial score (nSPS) is 20.9. The third-order valence-electron chi connectivity index (χ3n) is 7.06. The number of amides is 1. The van der Waals surface area contributed by atoms with Gasteiger partial charge in [0.2, 0.25) is 6.29 Å². The number of carbonyl (C=O) groups is 1. The first-order valence-corrected chi connectivity index (χ1v) is 14.0. The molecule has 2 aliphatic heterocycles. The minimum atomic E-state index is -4.65. The summed E-state index contributed by atoms with van der Waals surface area (Å²) in [7, 11) is 1.88. The molecule has 2 saturated heterocycles. The molecule has 2 atom stereocenters. The van der Waals surface area contributed by atoms with E-state index in [1.165, 1.54) is 0 Å². The smallest absolute Gasteiger partial charge is 0.416 e. The highest BCUT2D eigenvalue weighted by molar-refractivity contribution is 5.98. The van der Waals surface area contributed by atoms with Gasteiger partial charge in [0.25, 0.3) is 5.91 Å². The highest BCUT2D eigenvalue weighted by Crippen LogP contribution is 2.33. The maximum Gasteiger partial charge on any atom is 0.416 e. The van der Waals surface area contributed by atoms with Crippen LogP contribution in [0.5, 0.6) is 5.75 Å². The fraction of sp³-hybridized carbons (Fsp3) is 0.621. The SMILES string of the molecule is C/C(COc1ccc(C(F)(F)F)cc1C(=O)N=c1cc(C(C)(C)C)n(C)n1C[C@H]1CCCO1)=N/OC1CCCCO1. The van der Waals surface area contributed by atoms with Crippen molar-refractivity contribution in [3.8, 4) is 5.75 Å². The van der Waals surface area contributed by atoms with E-state index in [0.717, 1.165) is 56.0 Å². The standard InChI is InChI=1S/C29H39F3N4O5/c1-19(34-41-26-10-6-7-13-39-26)18-40-23-12-11-20(29(30,31)32)15-22(23)27(37)33-25-16-24(28(2,3)4)35(5)36(25)17-21-9-8-14-38-21/h11-12,15-16,21,26H,6-10,13-14,17-18H2,1-5H3/b33-25?,34-19-/t21-,26?/m1/s1. The van der Waals surface area contributed by atoms with Gasteiger partial charge in [-0.2, -0.15) is 18.2 Å². The summed E-state index contributed by atoms with van der Waals surface area (Å²) in [5, 5.41) is 4.02. The van der Waals surface area contributed by atoms with Gasteiger partial charge in [-0.3, -0.25) is 14.2 Å². The monoisotopic (exact) mass is 580 g/mol. The molecule has 12 heteroatoms. The van der Waals surface area contributed by atoms with Crippen LogP contribution < -0.4 is 10.2 Å². The second kappa shape index (κ2) is 12.8. The van der Waals surface area contributed by atoms with Gasteiger partial charge in [0.15, 0.2) is 5.49 Å². The number of ether oxygens (including phenoxy) is 3. The molecule has 9 nitrogen and oxygen atoms in total. The van der Waals surface area contributed by atoms with Crippen LogP contribution in [0.4, 0.5) is 13.2 Å². The van der Waals surface area contributed by atoms with Crippen molar-refractivity contribution in [2.45, 2.75) is 90.3 Å². The van der Waals surface area contributed by atoms with Crippen molar-refractivity contribution in [3.63, 3.8) is 0 Å². The van der Waals surface area contributed by atoms with Crippen molar-refractivity contribution >= 4 is 11.6 Å². The maximum atomic E-state index is 13.6. The maximum absolute atomic E-state index is 13.6. The van der Waals surface area contributed by atoms with Gasteiger partial charge in [0.1, 0.15) is 12.4 Å². The van der Waals surface area contributed by atoms with E-state index in [2.05, 4.69) is 10.1 Å². The van der Waals surface area contributed by atoms with E-state index in [-0.39, 0.29) is 29.4 Å². The molecule has 3 heterocycles. The lowest BCUT2D eigenvalue weighted by molar-refractivity contribution is -0.162. The van der Waals surface area contributed by atoms with Gasteiger partial charge in [-0.1, -0.05) is 25.9 Å². The van der Waals surface area contributed by atoms with E-state index in [0.29, 0.717) is 31.0 Å². The molecule has 0 bridgehead atoms. The van der Waals surface area contributed by atoms with Crippen LogP contribution in [0.3, 0.4) is 0 Å². The molecular weight excluding hydrogens is 541 g/mol. The lowest BCUT2D eigenvalue weighted by atomic mass is 9.92. The molecule has 0 spiro atoms. The largest absolute Gasteiger partial charge is 0.487 e. The second-order valence-electron chi connectivity index (χ2n) is 11.5. The molecule has 0 saturated carbocycles. The van der Waals surface area contributed by atoms with Crippen molar-refractivity contribution in [2.75, 3.05) is 19.8 Å². The number of rotatable bonds is 8. The molecule has 0 aliphatic carbocycles. The summed E-state index contributed by atoms with van der Waals surface area (Å²) in [6, 6.07) is 4.58. The second-order valence-corrected chi connectivity index (χ2v) is 11.5. The van der Waals surface area contributed by atoms with Crippen LogP contribution in [0.25, 0.3) is 0 Å². The zero-order chi connectivity index (χ0) is 29.8. The molecule has 4 rings (SSSR count). The lowest BCUT2D eigenvalue weighted by Crippen LogP contribution is -2.30. The van der Waals surface area contributed by atoms with Gasteiger partial charge < -0.3 is 19.0 Å². The minimum absolute atomic E-state index is 0.0344. The average Bonchev–Trinajstić information content (AvgIpc) is 3.54. The van der Waals surface area contributed by atoms with Crippen molar-refractivity contribution in [1.82, 2.24) is 9.36 Å². The van der Waals surface area contributed by atoms with Gasteiger partial charge in [0, 0.05) is 37.3 Å². The minimum Gasteiger partial charge on any atom is -0.487 e. The highest BCUT2D eigenvalue weighted by atomic mass is 19.4. The van der Waals surface area contributed by atoms with E-state index in [1.54, 1.807) is 13.0 Å². The molecule has 41 heavy (non-hydrogen) atoms. The Morgan fingerprint density at radius 3 is 2.46 bits per heavy atom. The van der Waals surface area contributed by atoms with Crippen LogP contribution in [-0.2, 0) is 39.5 Å². The van der Waals surface area contributed by atoms with Gasteiger partial charge in [-0.15, -0.1) is 0 Å². The van der Waals surface area contributed by atoms with E-state index in [4.69, 9.17) is 19.0 Å². The number of aromatic nitrogens is 2. The number of carbonyl (C=O) groups excluding carboxylic acids is 1. The Balaban J connectivity index is 1.65. The van der Waals surface area contributed by atoms with Crippen LogP contribution in [0.15, 0.2) is 34.4 Å². The molecule has 1 aromatic heterocycles. The third kappa shape index (κ3) is 8.00. The van der Waals surface area contributed by atoms with Gasteiger partial charge in [-0.05, 0) is 50.8 Å². The Morgan fingerprint density at radius 2 is 1.83 bits per heavy atom. The number of hydrogen-bond acceptors (Lipinski definition) is 6. The van der Waals surface area contributed by atoms with Crippen molar-refractivity contribution in [1.29, 1.82) is 0 Å². The molecule has 2 fully saturated rings. The van der Waals surface area contributed by atoms with Gasteiger partial charge >= 0.3 is 6.18 Å². The Morgan fingerprint density at radius 1 is 1.07 bits per heavy atom. The third-order valence-corrected chi connectivity index (χ3v) is 7.06. The van der Waals surface area contributed by atoms with Crippen molar-refractivity contribution < 1.29 is 37.0 Å². The molecule has 226 valence electrons. The summed E-state index contributed by atoms with van der Waals surface area (Å²) in [4.78, 5) is 23.2. The summed E-state index contributed by atoms with van der Waals surface area (Å²) >= 11 is 0. The first-order chi connectivity index (χ1) is 19.3. The molecule has 2 aliphatic rings. The Labute approximate surface area is 237 Å². The zero-order valence-electron chi connectivity index (χ0n) is 24.3. The Bertz CT molecular complexity index is 1310. The number of oxime groups is 1. The van der Waals surface area contributed by atoms with Crippen LogP contribution in [0.1, 0.15) is 81.4 Å². The van der Waals surface area contributed by atoms with Crippen LogP contribution in [0, 0.1) is 0 Å². The molecule has 0 radical (unpaired) electrons. The van der Waals surface area contributed by atoms with Crippen molar-refractivity contribution in [2.24, 2.45) is 17.2 Å². The lowest BCUT2D eigenvalue weighted by Gasteiger charge is -2.21. The summed E-state index contributed by atoms with van der Waals surface area (Å²) < 4.78 is 61.6. The van der Waals surface area contributed by atoms with Gasteiger partial charge in [-0.25, -0.2) is 0 Å². The van der Waals surface area contributed by atoms with E-state index in [9.17, 15) is 18.0 Å². The topological polar surface area (TPSA) is 88.6 Å². The quantitative estimate of drug-likeness (QED) is 0.310. The Kier molecular flexibility index (Phi) is 9.63. The van der Waals surface area contributed by atoms with Gasteiger partial charge in [0.05, 0.1) is 36.1 Å². The van der Waals surface area contributed by atoms with Crippen LogP contribution >= 0.6 is 0 Å². The molecule has 1 amide bonds. The molecular formula is C29H39F3N4O5. The van der Waals surface area contributed by atoms with E-state index < -0.39 is 23.9 Å². The summed E-state index contributed by atoms with van der Waals surface area (Å²) in [5.41, 5.74) is 0.143. The zero-order valence-corrected chi connectivity index (χ0v) is 24.3. The average molecular weight is 581 g/mol. The highest BCUT2D eigenvalue weighted by Gasteiger charge is 2.32. The summed E-state index contributed by atoms with van der Waals surface area (Å²) in [5.74, 6) is -0.882. The number of alkyl halides is 3. The molecule has 0 N–H and O–H groups in total. The molecule has 2 aromatic rings. The predicted octanol–water partition coefficient (Wildman–Crippen LogP) is 5.36. The number of halogens is 3. The number of nitrogens with zero attached hydrogens (tertiary/aromatic N) is 4. The van der Waals surface area contributed by atoms with E-state index in [1.807, 2.05) is 37.2 Å². The summed E-state index contributed by atoms with van der Waals surface area (Å²) in [6.45, 7) is 9.40. The fourth-order valence-electron chi connectivity index (χ4n) is 4.88. The first-order valence-electron chi connectivity index (χ1n) is 14.0. The summed E-state index contributed by atoms with van der Waals surface area (Å²) in [6.07, 6.45) is -0.643. The number of benzene rings is 1. The van der Waals surface area contributed by atoms with E-state index >= 15 is 0 Å². The molecule has 1 aromatic carbocycles. The molecule has 1 unspecified atom stereocenters. The van der Waals surface area contributed by atoms with Crippen LogP contribution in [-0.4, -0.2) is 53.2 Å².